The zero-order valence-electron chi connectivity index (χ0n) is 10.4. The molecule has 0 aromatic heterocycles. The molecule has 0 saturated heterocycles. The molecule has 0 saturated carbocycles. The number of rotatable bonds is 3. The first-order valence-electron chi connectivity index (χ1n) is 5.77. The predicted molar refractivity (Wildman–Crippen MR) is 85.5 cm³/mol. The van der Waals surface area contributed by atoms with Crippen LogP contribution in [0.1, 0.15) is 10.4 Å². The zero-order valence-corrected chi connectivity index (χ0v) is 13.4. The molecule has 0 aliphatic heterocycles. The van der Waals surface area contributed by atoms with Crippen molar-refractivity contribution >= 4 is 45.9 Å². The van der Waals surface area contributed by atoms with Gasteiger partial charge in [-0.25, -0.2) is 0 Å². The van der Waals surface area contributed by atoms with Gasteiger partial charge in [-0.1, -0.05) is 18.2 Å². The number of thioether (sulfide) groups is 1. The monoisotopic (exact) mass is 423 g/mol. The van der Waals surface area contributed by atoms with Gasteiger partial charge in [-0.3, -0.25) is 4.79 Å². The van der Waals surface area contributed by atoms with Gasteiger partial charge in [-0.05, 0) is 64.7 Å². The second kappa shape index (κ2) is 6.69. The Bertz CT molecular complexity index is 661. The average Bonchev–Trinajstić information content (AvgIpc) is 2.39. The van der Waals surface area contributed by atoms with E-state index in [0.717, 1.165) is 3.57 Å². The van der Waals surface area contributed by atoms with Crippen molar-refractivity contribution in [3.63, 3.8) is 0 Å². The van der Waals surface area contributed by atoms with Crippen molar-refractivity contribution < 1.29 is 18.0 Å². The summed E-state index contributed by atoms with van der Waals surface area (Å²) in [6.07, 6.45) is 0. The first kappa shape index (κ1) is 16.2. The number of anilines is 1. The summed E-state index contributed by atoms with van der Waals surface area (Å²) in [6.45, 7) is 0. The minimum atomic E-state index is -4.40. The Hall–Kier alpha value is -1.22. The maximum absolute atomic E-state index is 12.5. The van der Waals surface area contributed by atoms with Gasteiger partial charge in [0.2, 0.25) is 0 Å². The van der Waals surface area contributed by atoms with Gasteiger partial charge in [0.15, 0.2) is 0 Å². The highest BCUT2D eigenvalue weighted by molar-refractivity contribution is 14.1. The first-order chi connectivity index (χ1) is 9.85. The minimum Gasteiger partial charge on any atom is -0.321 e. The molecule has 110 valence electrons. The molecule has 1 amide bonds. The molecule has 0 unspecified atom stereocenters. The van der Waals surface area contributed by atoms with Crippen LogP contribution in [0, 0.1) is 3.57 Å². The van der Waals surface area contributed by atoms with Crippen LogP contribution < -0.4 is 5.32 Å². The molecule has 2 rings (SSSR count). The molecule has 0 radical (unpaired) electrons. The quantitative estimate of drug-likeness (QED) is 0.546. The number of para-hydroxylation sites is 1. The van der Waals surface area contributed by atoms with Crippen molar-refractivity contribution in [1.29, 1.82) is 0 Å². The largest absolute Gasteiger partial charge is 0.446 e. The second-order valence-corrected chi connectivity index (χ2v) is 6.36. The van der Waals surface area contributed by atoms with E-state index in [-0.39, 0.29) is 22.3 Å². The molecule has 0 aliphatic carbocycles. The third-order valence-electron chi connectivity index (χ3n) is 2.45. The Morgan fingerprint density at radius 2 is 1.81 bits per heavy atom. The fourth-order valence-corrected chi connectivity index (χ4v) is 2.78. The molecule has 2 aromatic rings. The Balaban J connectivity index is 2.22. The van der Waals surface area contributed by atoms with Crippen molar-refractivity contribution in [1.82, 2.24) is 0 Å². The molecule has 0 bridgehead atoms. The lowest BCUT2D eigenvalue weighted by Crippen LogP contribution is -2.13. The summed E-state index contributed by atoms with van der Waals surface area (Å²) >= 11 is 1.81. The number of alkyl halides is 3. The van der Waals surface area contributed by atoms with Gasteiger partial charge < -0.3 is 5.32 Å². The van der Waals surface area contributed by atoms with Crippen LogP contribution in [0.15, 0.2) is 53.4 Å². The van der Waals surface area contributed by atoms with Crippen LogP contribution in [-0.2, 0) is 0 Å². The highest BCUT2D eigenvalue weighted by Gasteiger charge is 2.30. The fourth-order valence-electron chi connectivity index (χ4n) is 1.61. The van der Waals surface area contributed by atoms with Crippen molar-refractivity contribution in [3.05, 3.63) is 57.7 Å². The van der Waals surface area contributed by atoms with Crippen LogP contribution >= 0.6 is 34.4 Å². The van der Waals surface area contributed by atoms with Gasteiger partial charge in [-0.2, -0.15) is 13.2 Å². The number of hydrogen-bond donors (Lipinski definition) is 1. The molecule has 0 spiro atoms. The number of carbonyl (C=O) groups is 1. The predicted octanol–water partition coefficient (Wildman–Crippen LogP) is 5.16. The van der Waals surface area contributed by atoms with E-state index in [2.05, 4.69) is 27.9 Å². The topological polar surface area (TPSA) is 29.1 Å². The normalized spacial score (nSPS) is 11.2. The summed E-state index contributed by atoms with van der Waals surface area (Å²) in [4.78, 5) is 12.0. The fraction of sp³-hybridized carbons (Fsp3) is 0.0714. The van der Waals surface area contributed by atoms with Gasteiger partial charge >= 0.3 is 5.51 Å². The molecule has 7 heteroatoms. The van der Waals surface area contributed by atoms with Crippen molar-refractivity contribution in [2.24, 2.45) is 0 Å². The molecule has 0 heterocycles. The maximum Gasteiger partial charge on any atom is 0.446 e. The van der Waals surface area contributed by atoms with E-state index >= 15 is 0 Å². The molecule has 2 nitrogen and oxygen atoms in total. The van der Waals surface area contributed by atoms with Gasteiger partial charge in [0.05, 0.1) is 5.69 Å². The van der Waals surface area contributed by atoms with E-state index < -0.39 is 11.4 Å². The molecule has 0 aliphatic rings. The molecule has 2 aromatic carbocycles. The number of carbonyl (C=O) groups excluding carboxylic acids is 1. The average molecular weight is 423 g/mol. The van der Waals surface area contributed by atoms with E-state index in [1.54, 1.807) is 24.3 Å². The Labute approximate surface area is 137 Å². The number of amides is 1. The second-order valence-electron chi connectivity index (χ2n) is 4.01. The lowest BCUT2D eigenvalue weighted by atomic mass is 10.2. The van der Waals surface area contributed by atoms with E-state index in [1.165, 1.54) is 18.2 Å². The van der Waals surface area contributed by atoms with Crippen molar-refractivity contribution in [2.45, 2.75) is 10.4 Å². The van der Waals surface area contributed by atoms with Crippen LogP contribution in [0.4, 0.5) is 18.9 Å². The Morgan fingerprint density at radius 1 is 1.10 bits per heavy atom. The van der Waals surface area contributed by atoms with E-state index in [4.69, 9.17) is 0 Å². The SMILES string of the molecule is O=C(Nc1ccccc1SC(F)(F)F)c1cccc(I)c1. The van der Waals surface area contributed by atoms with Crippen LogP contribution in [0.3, 0.4) is 0 Å². The number of hydrogen-bond acceptors (Lipinski definition) is 2. The third-order valence-corrected chi connectivity index (χ3v) is 3.93. The molecule has 0 atom stereocenters. The van der Waals surface area contributed by atoms with Crippen molar-refractivity contribution in [2.75, 3.05) is 5.32 Å². The molecule has 21 heavy (non-hydrogen) atoms. The zero-order chi connectivity index (χ0) is 15.5. The van der Waals surface area contributed by atoms with Crippen LogP contribution in [0.5, 0.6) is 0 Å². The van der Waals surface area contributed by atoms with Crippen molar-refractivity contribution in [3.8, 4) is 0 Å². The van der Waals surface area contributed by atoms with E-state index in [9.17, 15) is 18.0 Å². The highest BCUT2D eigenvalue weighted by Crippen LogP contribution is 2.40. The summed E-state index contributed by atoms with van der Waals surface area (Å²) in [5.74, 6) is -0.441. The minimum absolute atomic E-state index is 0.0380. The molecule has 0 fully saturated rings. The summed E-state index contributed by atoms with van der Waals surface area (Å²) in [5.41, 5.74) is -3.86. The number of benzene rings is 2. The molecular formula is C14H9F3INOS. The van der Waals surface area contributed by atoms with Gasteiger partial charge in [0.1, 0.15) is 0 Å². The van der Waals surface area contributed by atoms with Crippen LogP contribution in [0.2, 0.25) is 0 Å². The highest BCUT2D eigenvalue weighted by atomic mass is 127. The summed E-state index contributed by atoms with van der Waals surface area (Å²) < 4.78 is 38.3. The summed E-state index contributed by atoms with van der Waals surface area (Å²) in [5, 5.41) is 2.51. The molecular weight excluding hydrogens is 414 g/mol. The maximum atomic E-state index is 12.5. The lowest BCUT2D eigenvalue weighted by molar-refractivity contribution is -0.0328. The lowest BCUT2D eigenvalue weighted by Gasteiger charge is -2.12. The van der Waals surface area contributed by atoms with Gasteiger partial charge in [0.25, 0.3) is 5.91 Å². The van der Waals surface area contributed by atoms with Crippen LogP contribution in [0.25, 0.3) is 0 Å². The van der Waals surface area contributed by atoms with Crippen LogP contribution in [-0.4, -0.2) is 11.4 Å². The number of nitrogens with one attached hydrogen (secondary N) is 1. The molecule has 1 N–H and O–H groups in total. The summed E-state index contributed by atoms with van der Waals surface area (Å²) in [6, 6.07) is 12.6. The summed E-state index contributed by atoms with van der Waals surface area (Å²) in [7, 11) is 0. The Kier molecular flexibility index (Phi) is 5.15. The van der Waals surface area contributed by atoms with Gasteiger partial charge in [0, 0.05) is 14.0 Å². The van der Waals surface area contributed by atoms with Gasteiger partial charge in [-0.15, -0.1) is 0 Å². The van der Waals surface area contributed by atoms with E-state index in [0.29, 0.717) is 5.56 Å². The first-order valence-corrected chi connectivity index (χ1v) is 7.66. The number of halogens is 4. The standard InChI is InChI=1S/C14H9F3INOS/c15-14(16,17)21-12-7-2-1-6-11(12)19-13(20)9-4-3-5-10(18)8-9/h1-8H,(H,19,20). The smallest absolute Gasteiger partial charge is 0.321 e. The third kappa shape index (κ3) is 4.92. The Morgan fingerprint density at radius 3 is 2.48 bits per heavy atom. The van der Waals surface area contributed by atoms with E-state index in [1.807, 2.05) is 6.07 Å².